The summed E-state index contributed by atoms with van der Waals surface area (Å²) in [4.78, 5) is 8.29. The van der Waals surface area contributed by atoms with Gasteiger partial charge in [0.2, 0.25) is 0 Å². The van der Waals surface area contributed by atoms with Gasteiger partial charge in [0.25, 0.3) is 0 Å². The number of hydrogen-bond donors (Lipinski definition) is 0. The fraction of sp³-hybridized carbons (Fsp3) is 0.750. The molecule has 0 bridgehead atoms. The van der Waals surface area contributed by atoms with Crippen LogP contribution in [-0.4, -0.2) is 25.0 Å². The van der Waals surface area contributed by atoms with E-state index in [-0.39, 0.29) is 0 Å². The summed E-state index contributed by atoms with van der Waals surface area (Å²) < 4.78 is 0. The Kier molecular flexibility index (Phi) is 6.03. The molecule has 0 atom stereocenters. The minimum absolute atomic E-state index is 0.738. The van der Waals surface area contributed by atoms with E-state index in [9.17, 15) is 0 Å². The third kappa shape index (κ3) is 7.34. The van der Waals surface area contributed by atoms with Crippen molar-refractivity contribution in [3.63, 3.8) is 0 Å². The zero-order valence-electron chi connectivity index (χ0n) is 7.09. The third-order valence-electron chi connectivity index (χ3n) is 0.971. The van der Waals surface area contributed by atoms with Gasteiger partial charge in [0.1, 0.15) is 0 Å². The van der Waals surface area contributed by atoms with Crippen LogP contribution in [0.1, 0.15) is 27.2 Å². The monoisotopic (exact) mass is 140 g/mol. The molecular weight excluding hydrogens is 124 g/mol. The van der Waals surface area contributed by atoms with Gasteiger partial charge in [-0.1, -0.05) is 6.92 Å². The van der Waals surface area contributed by atoms with Gasteiger partial charge in [-0.15, -0.1) is 0 Å². The smallest absolute Gasteiger partial charge is 0.0736 e. The van der Waals surface area contributed by atoms with Crippen molar-refractivity contribution in [2.24, 2.45) is 9.98 Å². The molecule has 58 valence electrons. The van der Waals surface area contributed by atoms with Gasteiger partial charge in [0.15, 0.2) is 0 Å². The molecule has 10 heavy (non-hydrogen) atoms. The van der Waals surface area contributed by atoms with Crippen molar-refractivity contribution in [1.82, 2.24) is 0 Å². The lowest BCUT2D eigenvalue weighted by Gasteiger charge is -1.86. The lowest BCUT2D eigenvalue weighted by atomic mass is 10.5. The van der Waals surface area contributed by atoms with Crippen molar-refractivity contribution in [3.05, 3.63) is 0 Å². The van der Waals surface area contributed by atoms with Gasteiger partial charge >= 0.3 is 0 Å². The zero-order valence-corrected chi connectivity index (χ0v) is 7.09. The van der Waals surface area contributed by atoms with E-state index in [2.05, 4.69) is 16.9 Å². The zero-order chi connectivity index (χ0) is 7.82. The third-order valence-corrected chi connectivity index (χ3v) is 0.971. The van der Waals surface area contributed by atoms with E-state index < -0.39 is 0 Å². The number of rotatable bonds is 4. The van der Waals surface area contributed by atoms with Gasteiger partial charge in [-0.2, -0.15) is 0 Å². The Morgan fingerprint density at radius 1 is 1.40 bits per heavy atom. The maximum Gasteiger partial charge on any atom is 0.0736 e. The molecule has 0 spiro atoms. The van der Waals surface area contributed by atoms with Crippen LogP contribution in [0.4, 0.5) is 0 Å². The van der Waals surface area contributed by atoms with Crippen LogP contribution in [0.3, 0.4) is 0 Å². The molecule has 0 saturated carbocycles. The van der Waals surface area contributed by atoms with Crippen molar-refractivity contribution in [1.29, 1.82) is 0 Å². The molecule has 0 aliphatic rings. The number of nitrogens with zero attached hydrogens (tertiary/aromatic N) is 2. The minimum atomic E-state index is 0.738. The topological polar surface area (TPSA) is 24.7 Å². The van der Waals surface area contributed by atoms with E-state index >= 15 is 0 Å². The van der Waals surface area contributed by atoms with Crippen LogP contribution < -0.4 is 0 Å². The first-order valence-corrected chi connectivity index (χ1v) is 3.73. The lowest BCUT2D eigenvalue weighted by Crippen LogP contribution is -1.88. The highest BCUT2D eigenvalue weighted by atomic mass is 14.8. The molecule has 2 heteroatoms. The van der Waals surface area contributed by atoms with Crippen LogP contribution >= 0.6 is 0 Å². The molecule has 0 aliphatic carbocycles. The summed E-state index contributed by atoms with van der Waals surface area (Å²) in [6.45, 7) is 7.77. The van der Waals surface area contributed by atoms with Gasteiger partial charge < -0.3 is 0 Å². The van der Waals surface area contributed by atoms with Crippen LogP contribution in [0.2, 0.25) is 0 Å². The fourth-order valence-corrected chi connectivity index (χ4v) is 0.502. The first-order valence-electron chi connectivity index (χ1n) is 3.73. The van der Waals surface area contributed by atoms with Crippen molar-refractivity contribution >= 4 is 11.9 Å². The molecule has 2 nitrogen and oxygen atoms in total. The fourth-order valence-electron chi connectivity index (χ4n) is 0.502. The lowest BCUT2D eigenvalue weighted by molar-refractivity contribution is 0.933. The average molecular weight is 140 g/mol. The molecule has 0 amide bonds. The summed E-state index contributed by atoms with van der Waals surface area (Å²) in [7, 11) is 0. The highest BCUT2D eigenvalue weighted by Gasteiger charge is 1.75. The molecule has 0 aromatic rings. The largest absolute Gasteiger partial charge is 0.296 e. The predicted molar refractivity (Wildman–Crippen MR) is 47.3 cm³/mol. The molecule has 0 aromatic carbocycles. The number of aliphatic imine (C=N–C) groups is 2. The maximum atomic E-state index is 4.16. The second-order valence-corrected chi connectivity index (χ2v) is 2.38. The first kappa shape index (κ1) is 9.34. The van der Waals surface area contributed by atoms with E-state index in [1.807, 2.05) is 20.1 Å². The SMILES string of the molecule is CCC/N=C\CN=C(C)C. The van der Waals surface area contributed by atoms with Crippen molar-refractivity contribution < 1.29 is 0 Å². The summed E-state index contributed by atoms with van der Waals surface area (Å²) in [6, 6.07) is 0. The van der Waals surface area contributed by atoms with E-state index in [4.69, 9.17) is 0 Å². The average Bonchev–Trinajstić information content (AvgIpc) is 1.87. The van der Waals surface area contributed by atoms with E-state index in [1.54, 1.807) is 0 Å². The molecule has 0 saturated heterocycles. The van der Waals surface area contributed by atoms with Gasteiger partial charge in [-0.25, -0.2) is 0 Å². The Morgan fingerprint density at radius 2 is 2.10 bits per heavy atom. The highest BCUT2D eigenvalue weighted by molar-refractivity contribution is 5.80. The summed E-state index contributed by atoms with van der Waals surface area (Å²) in [5.41, 5.74) is 1.11. The van der Waals surface area contributed by atoms with Gasteiger partial charge in [0.05, 0.1) is 6.54 Å². The van der Waals surface area contributed by atoms with Crippen molar-refractivity contribution in [2.75, 3.05) is 13.1 Å². The molecule has 0 heterocycles. The first-order chi connectivity index (χ1) is 4.77. The highest BCUT2D eigenvalue weighted by Crippen LogP contribution is 1.77. The summed E-state index contributed by atoms with van der Waals surface area (Å²) >= 11 is 0. The summed E-state index contributed by atoms with van der Waals surface area (Å²) in [6.07, 6.45) is 2.99. The standard InChI is InChI=1S/C8H16N2/c1-4-5-9-6-7-10-8(2)3/h6H,4-5,7H2,1-3H3/b9-6-. The van der Waals surface area contributed by atoms with Crippen molar-refractivity contribution in [3.8, 4) is 0 Å². The van der Waals surface area contributed by atoms with Crippen LogP contribution in [0.25, 0.3) is 0 Å². The van der Waals surface area contributed by atoms with Crippen LogP contribution in [0.5, 0.6) is 0 Å². The second-order valence-electron chi connectivity index (χ2n) is 2.38. The van der Waals surface area contributed by atoms with Gasteiger partial charge in [0, 0.05) is 18.5 Å². The van der Waals surface area contributed by atoms with E-state index in [0.29, 0.717) is 0 Å². The van der Waals surface area contributed by atoms with Crippen LogP contribution in [0.15, 0.2) is 9.98 Å². The predicted octanol–water partition coefficient (Wildman–Crippen LogP) is 1.95. The molecule has 0 aromatic heterocycles. The van der Waals surface area contributed by atoms with Crippen molar-refractivity contribution in [2.45, 2.75) is 27.2 Å². The molecule has 0 aliphatic heterocycles. The molecule has 0 radical (unpaired) electrons. The quantitative estimate of drug-likeness (QED) is 0.533. The molecular formula is C8H16N2. The molecule has 0 unspecified atom stereocenters. The Bertz CT molecular complexity index is 121. The number of hydrogen-bond acceptors (Lipinski definition) is 2. The van der Waals surface area contributed by atoms with Gasteiger partial charge in [-0.05, 0) is 20.3 Å². The van der Waals surface area contributed by atoms with E-state index in [0.717, 1.165) is 25.2 Å². The Morgan fingerprint density at radius 3 is 2.60 bits per heavy atom. The Balaban J connectivity index is 3.27. The summed E-state index contributed by atoms with van der Waals surface area (Å²) in [5, 5.41) is 0. The molecule has 0 fully saturated rings. The van der Waals surface area contributed by atoms with Crippen LogP contribution in [-0.2, 0) is 0 Å². The summed E-state index contributed by atoms with van der Waals surface area (Å²) in [5.74, 6) is 0. The Labute approximate surface area is 63.1 Å². The normalized spacial score (nSPS) is 10.3. The maximum absolute atomic E-state index is 4.16. The second kappa shape index (κ2) is 6.46. The minimum Gasteiger partial charge on any atom is -0.296 e. The van der Waals surface area contributed by atoms with Crippen LogP contribution in [0, 0.1) is 0 Å². The molecule has 0 rings (SSSR count). The molecule has 0 N–H and O–H groups in total. The van der Waals surface area contributed by atoms with Gasteiger partial charge in [-0.3, -0.25) is 9.98 Å². The van der Waals surface area contributed by atoms with E-state index in [1.165, 1.54) is 0 Å². The Hall–Kier alpha value is -0.660.